The molecule has 2 saturated heterocycles. The predicted molar refractivity (Wildman–Crippen MR) is 67.7 cm³/mol. The van der Waals surface area contributed by atoms with Crippen LogP contribution in [0.5, 0.6) is 0 Å². The summed E-state index contributed by atoms with van der Waals surface area (Å²) in [6, 6.07) is 0. The Morgan fingerprint density at radius 2 is 1.88 bits per heavy atom. The maximum Gasteiger partial charge on any atom is 0.224 e. The molecule has 2 aliphatic heterocycles. The van der Waals surface area contributed by atoms with E-state index in [9.17, 15) is 4.79 Å². The van der Waals surface area contributed by atoms with Crippen molar-refractivity contribution in [3.8, 4) is 0 Å². The molecule has 0 aromatic heterocycles. The molecule has 0 aromatic carbocycles. The first kappa shape index (κ1) is 11.5. The van der Waals surface area contributed by atoms with Crippen LogP contribution in [-0.4, -0.2) is 36.0 Å². The van der Waals surface area contributed by atoms with Crippen LogP contribution in [0.2, 0.25) is 0 Å². The molecule has 2 atom stereocenters. The van der Waals surface area contributed by atoms with Gasteiger partial charge in [0.1, 0.15) is 0 Å². The smallest absolute Gasteiger partial charge is 0.224 e. The number of carbonyl (C=O) groups is 1. The first-order valence-electron chi connectivity index (χ1n) is 7.33. The van der Waals surface area contributed by atoms with Gasteiger partial charge in [-0.2, -0.15) is 0 Å². The monoisotopic (exact) mass is 236 g/mol. The number of fused-ring (bicyclic) bond motifs is 3. The summed E-state index contributed by atoms with van der Waals surface area (Å²) in [6.07, 6.45) is 10.3. The highest BCUT2D eigenvalue weighted by atomic mass is 16.2. The van der Waals surface area contributed by atoms with E-state index in [0.717, 1.165) is 19.5 Å². The maximum atomic E-state index is 12.0. The summed E-state index contributed by atoms with van der Waals surface area (Å²) in [5, 5.41) is 3.22. The summed E-state index contributed by atoms with van der Waals surface area (Å²) in [5.41, 5.74) is 0.307. The molecule has 1 saturated carbocycles. The zero-order valence-corrected chi connectivity index (χ0v) is 10.7. The van der Waals surface area contributed by atoms with Crippen molar-refractivity contribution in [2.24, 2.45) is 5.92 Å². The number of piperidine rings is 1. The lowest BCUT2D eigenvalue weighted by atomic mass is 9.86. The SMILES string of the molecule is O=C1NCC2(CCCCCC2)N2CCCC1C2. The highest BCUT2D eigenvalue weighted by Gasteiger charge is 2.43. The Bertz CT molecular complexity index is 295. The van der Waals surface area contributed by atoms with Crippen LogP contribution in [0.25, 0.3) is 0 Å². The summed E-state index contributed by atoms with van der Waals surface area (Å²) in [4.78, 5) is 14.7. The Kier molecular flexibility index (Phi) is 3.12. The van der Waals surface area contributed by atoms with Gasteiger partial charge >= 0.3 is 0 Å². The molecule has 2 unspecified atom stereocenters. The third-order valence-corrected chi connectivity index (χ3v) is 5.09. The minimum absolute atomic E-state index is 0.270. The first-order valence-corrected chi connectivity index (χ1v) is 7.33. The highest BCUT2D eigenvalue weighted by molar-refractivity contribution is 5.79. The fourth-order valence-corrected chi connectivity index (χ4v) is 4.01. The van der Waals surface area contributed by atoms with Crippen molar-refractivity contribution in [3.63, 3.8) is 0 Å². The number of amides is 1. The molecule has 1 N–H and O–H groups in total. The Balaban J connectivity index is 1.84. The zero-order valence-electron chi connectivity index (χ0n) is 10.7. The summed E-state index contributed by atoms with van der Waals surface area (Å²) >= 11 is 0. The number of hydrogen-bond donors (Lipinski definition) is 1. The molecule has 96 valence electrons. The van der Waals surface area contributed by atoms with Crippen LogP contribution in [-0.2, 0) is 4.79 Å². The molecule has 1 aliphatic carbocycles. The van der Waals surface area contributed by atoms with Gasteiger partial charge in [-0.1, -0.05) is 25.7 Å². The lowest BCUT2D eigenvalue weighted by molar-refractivity contribution is -0.125. The van der Waals surface area contributed by atoms with E-state index in [1.807, 2.05) is 0 Å². The van der Waals surface area contributed by atoms with Crippen LogP contribution in [0.15, 0.2) is 0 Å². The normalized spacial score (nSPS) is 37.1. The number of rotatable bonds is 0. The summed E-state index contributed by atoms with van der Waals surface area (Å²) in [5.74, 6) is 0.585. The lowest BCUT2D eigenvalue weighted by Gasteiger charge is -2.44. The van der Waals surface area contributed by atoms with Gasteiger partial charge in [-0.05, 0) is 32.2 Å². The molecular formula is C14H24N2O. The van der Waals surface area contributed by atoms with Crippen molar-refractivity contribution in [3.05, 3.63) is 0 Å². The van der Waals surface area contributed by atoms with E-state index < -0.39 is 0 Å². The Morgan fingerprint density at radius 1 is 1.12 bits per heavy atom. The molecule has 3 rings (SSSR count). The molecule has 3 fully saturated rings. The van der Waals surface area contributed by atoms with Crippen molar-refractivity contribution >= 4 is 5.91 Å². The van der Waals surface area contributed by atoms with Crippen molar-refractivity contribution in [2.75, 3.05) is 19.6 Å². The second-order valence-electron chi connectivity index (χ2n) is 6.14. The van der Waals surface area contributed by atoms with Crippen molar-refractivity contribution in [2.45, 2.75) is 56.9 Å². The molecule has 3 heteroatoms. The van der Waals surface area contributed by atoms with Gasteiger partial charge in [-0.15, -0.1) is 0 Å². The van der Waals surface area contributed by atoms with Crippen LogP contribution >= 0.6 is 0 Å². The predicted octanol–water partition coefficient (Wildman–Crippen LogP) is 1.92. The zero-order chi connectivity index (χ0) is 11.7. The largest absolute Gasteiger partial charge is 0.354 e. The molecule has 0 radical (unpaired) electrons. The molecule has 3 aliphatic rings. The summed E-state index contributed by atoms with van der Waals surface area (Å²) < 4.78 is 0. The van der Waals surface area contributed by atoms with Crippen LogP contribution in [0, 0.1) is 5.92 Å². The topological polar surface area (TPSA) is 32.3 Å². The van der Waals surface area contributed by atoms with Crippen LogP contribution < -0.4 is 5.32 Å². The third kappa shape index (κ3) is 2.10. The molecule has 2 bridgehead atoms. The quantitative estimate of drug-likeness (QED) is 0.697. The maximum absolute atomic E-state index is 12.0. The van der Waals surface area contributed by atoms with E-state index in [2.05, 4.69) is 10.2 Å². The van der Waals surface area contributed by atoms with E-state index in [0.29, 0.717) is 11.4 Å². The summed E-state index contributed by atoms with van der Waals surface area (Å²) in [6.45, 7) is 3.14. The first-order chi connectivity index (χ1) is 8.30. The Labute approximate surface area is 104 Å². The average Bonchev–Trinajstić information content (AvgIpc) is 2.66. The van der Waals surface area contributed by atoms with E-state index in [1.165, 1.54) is 51.5 Å². The fourth-order valence-electron chi connectivity index (χ4n) is 4.01. The molecule has 17 heavy (non-hydrogen) atoms. The van der Waals surface area contributed by atoms with Crippen LogP contribution in [0.1, 0.15) is 51.4 Å². The highest BCUT2D eigenvalue weighted by Crippen LogP contribution is 2.36. The molecular weight excluding hydrogens is 212 g/mol. The van der Waals surface area contributed by atoms with E-state index in [1.54, 1.807) is 0 Å². The number of hydrogen-bond acceptors (Lipinski definition) is 2. The summed E-state index contributed by atoms with van der Waals surface area (Å²) in [7, 11) is 0. The minimum atomic E-state index is 0.270. The third-order valence-electron chi connectivity index (χ3n) is 5.09. The Hall–Kier alpha value is -0.570. The van der Waals surface area contributed by atoms with Crippen molar-refractivity contribution in [1.29, 1.82) is 0 Å². The van der Waals surface area contributed by atoms with Gasteiger partial charge in [-0.25, -0.2) is 0 Å². The van der Waals surface area contributed by atoms with Gasteiger partial charge in [0.05, 0.1) is 5.92 Å². The van der Waals surface area contributed by atoms with Crippen LogP contribution in [0.3, 0.4) is 0 Å². The van der Waals surface area contributed by atoms with E-state index in [4.69, 9.17) is 0 Å². The Morgan fingerprint density at radius 3 is 2.65 bits per heavy atom. The lowest BCUT2D eigenvalue weighted by Crippen LogP contribution is -2.54. The van der Waals surface area contributed by atoms with E-state index in [-0.39, 0.29) is 5.92 Å². The molecule has 1 amide bonds. The second kappa shape index (κ2) is 4.60. The molecule has 2 heterocycles. The molecule has 3 nitrogen and oxygen atoms in total. The minimum Gasteiger partial charge on any atom is -0.354 e. The molecule has 1 spiro atoms. The van der Waals surface area contributed by atoms with Gasteiger partial charge in [0.25, 0.3) is 0 Å². The molecule has 0 aromatic rings. The standard InChI is InChI=1S/C14H24N2O/c17-13-12-6-5-9-16(10-12)14(11-15-13)7-3-1-2-4-8-14/h12H,1-11H2,(H,15,17). The second-order valence-corrected chi connectivity index (χ2v) is 6.14. The number of carbonyl (C=O) groups excluding carboxylic acids is 1. The van der Waals surface area contributed by atoms with Gasteiger partial charge in [0.15, 0.2) is 0 Å². The average molecular weight is 236 g/mol. The van der Waals surface area contributed by atoms with E-state index >= 15 is 0 Å². The van der Waals surface area contributed by atoms with Gasteiger partial charge < -0.3 is 5.32 Å². The van der Waals surface area contributed by atoms with Crippen molar-refractivity contribution < 1.29 is 4.79 Å². The number of nitrogens with one attached hydrogen (secondary N) is 1. The fraction of sp³-hybridized carbons (Fsp3) is 0.929. The van der Waals surface area contributed by atoms with Gasteiger partial charge in [-0.3, -0.25) is 9.69 Å². The van der Waals surface area contributed by atoms with Crippen LogP contribution in [0.4, 0.5) is 0 Å². The van der Waals surface area contributed by atoms with Crippen molar-refractivity contribution in [1.82, 2.24) is 10.2 Å². The number of nitrogens with zero attached hydrogens (tertiary/aromatic N) is 1. The van der Waals surface area contributed by atoms with Gasteiger partial charge in [0, 0.05) is 18.6 Å². The van der Waals surface area contributed by atoms with Gasteiger partial charge in [0.2, 0.25) is 5.91 Å².